The Balaban J connectivity index is 1.49. The summed E-state index contributed by atoms with van der Waals surface area (Å²) in [5.74, 6) is 2.55. The number of carbonyl (C=O) groups is 2. The summed E-state index contributed by atoms with van der Waals surface area (Å²) in [7, 11) is 0. The topological polar surface area (TPSA) is 52.7 Å². The van der Waals surface area contributed by atoms with E-state index in [9.17, 15) is 9.59 Å². The summed E-state index contributed by atoms with van der Waals surface area (Å²) in [6.07, 6.45) is 2.11. The Morgan fingerprint density at radius 1 is 1.00 bits per heavy atom. The molecule has 0 aromatic carbocycles. The molecule has 3 rings (SSSR count). The number of thioether (sulfide) groups is 1. The predicted molar refractivity (Wildman–Crippen MR) is 70.1 cm³/mol. The third-order valence-corrected chi connectivity index (χ3v) is 4.78. The minimum absolute atomic E-state index is 0.0133. The van der Waals surface area contributed by atoms with E-state index in [1.54, 1.807) is 11.8 Å². The second-order valence-electron chi connectivity index (χ2n) is 5.20. The molecule has 100 valence electrons. The molecule has 5 nitrogen and oxygen atoms in total. The van der Waals surface area contributed by atoms with Gasteiger partial charge in [-0.3, -0.25) is 14.9 Å². The van der Waals surface area contributed by atoms with Gasteiger partial charge in [0.25, 0.3) is 0 Å². The summed E-state index contributed by atoms with van der Waals surface area (Å²) in [6, 6.07) is -0.0133. The molecule has 3 fully saturated rings. The van der Waals surface area contributed by atoms with Gasteiger partial charge in [-0.25, -0.2) is 0 Å². The molecule has 0 aromatic rings. The van der Waals surface area contributed by atoms with Crippen molar-refractivity contribution in [2.24, 2.45) is 5.92 Å². The fourth-order valence-electron chi connectivity index (χ4n) is 2.51. The van der Waals surface area contributed by atoms with Crippen LogP contribution in [0, 0.1) is 5.92 Å². The fraction of sp³-hybridized carbons (Fsp3) is 0.833. The lowest BCUT2D eigenvalue weighted by atomic mass is 10.2. The van der Waals surface area contributed by atoms with Crippen molar-refractivity contribution in [1.82, 2.24) is 15.1 Å². The normalized spacial score (nSPS) is 28.6. The third-order valence-electron chi connectivity index (χ3n) is 3.84. The first-order valence-corrected chi connectivity index (χ1v) is 7.80. The Hall–Kier alpha value is -0.750. The summed E-state index contributed by atoms with van der Waals surface area (Å²) in [4.78, 5) is 27.9. The Bertz CT molecular complexity index is 345. The van der Waals surface area contributed by atoms with Crippen LogP contribution in [0.25, 0.3) is 0 Å². The minimum Gasteiger partial charge on any atom is -0.339 e. The third kappa shape index (κ3) is 2.49. The van der Waals surface area contributed by atoms with E-state index in [-0.39, 0.29) is 11.9 Å². The van der Waals surface area contributed by atoms with E-state index in [2.05, 4.69) is 5.32 Å². The summed E-state index contributed by atoms with van der Waals surface area (Å²) < 4.78 is 0. The van der Waals surface area contributed by atoms with Crippen LogP contribution in [0.15, 0.2) is 0 Å². The van der Waals surface area contributed by atoms with Crippen LogP contribution in [0.1, 0.15) is 12.8 Å². The standard InChI is InChI=1S/C12H19N3O2S/c16-11(9-1-2-9)14-3-5-15(6-4-14)12(17)10-7-18-8-13-10/h9-10,13H,1-8H2. The van der Waals surface area contributed by atoms with E-state index in [1.165, 1.54) is 0 Å². The smallest absolute Gasteiger partial charge is 0.240 e. The van der Waals surface area contributed by atoms with Crippen LogP contribution in [0.3, 0.4) is 0 Å². The molecule has 0 radical (unpaired) electrons. The monoisotopic (exact) mass is 269 g/mol. The van der Waals surface area contributed by atoms with Crippen LogP contribution in [0.5, 0.6) is 0 Å². The molecule has 1 N–H and O–H groups in total. The van der Waals surface area contributed by atoms with Gasteiger partial charge in [-0.15, -0.1) is 11.8 Å². The lowest BCUT2D eigenvalue weighted by molar-refractivity contribution is -0.141. The number of rotatable bonds is 2. The van der Waals surface area contributed by atoms with E-state index in [0.29, 0.717) is 38.0 Å². The van der Waals surface area contributed by atoms with Gasteiger partial charge in [0.2, 0.25) is 11.8 Å². The van der Waals surface area contributed by atoms with Crippen molar-refractivity contribution in [2.75, 3.05) is 37.8 Å². The second kappa shape index (κ2) is 5.09. The van der Waals surface area contributed by atoms with Gasteiger partial charge in [-0.05, 0) is 12.8 Å². The molecule has 1 unspecified atom stereocenters. The lowest BCUT2D eigenvalue weighted by Gasteiger charge is -2.36. The first-order chi connectivity index (χ1) is 8.75. The quantitative estimate of drug-likeness (QED) is 0.750. The van der Waals surface area contributed by atoms with Gasteiger partial charge >= 0.3 is 0 Å². The summed E-state index contributed by atoms with van der Waals surface area (Å²) in [6.45, 7) is 2.81. The number of piperazine rings is 1. The van der Waals surface area contributed by atoms with Crippen LogP contribution < -0.4 is 5.32 Å². The molecule has 0 aromatic heterocycles. The van der Waals surface area contributed by atoms with Gasteiger partial charge in [-0.1, -0.05) is 0 Å². The van der Waals surface area contributed by atoms with E-state index >= 15 is 0 Å². The van der Waals surface area contributed by atoms with Crippen molar-refractivity contribution >= 4 is 23.6 Å². The van der Waals surface area contributed by atoms with Gasteiger partial charge < -0.3 is 9.80 Å². The second-order valence-corrected chi connectivity index (χ2v) is 6.23. The largest absolute Gasteiger partial charge is 0.339 e. The van der Waals surface area contributed by atoms with E-state index in [1.807, 2.05) is 9.80 Å². The molecule has 6 heteroatoms. The van der Waals surface area contributed by atoms with Crippen molar-refractivity contribution in [3.63, 3.8) is 0 Å². The highest BCUT2D eigenvalue weighted by molar-refractivity contribution is 7.99. The average molecular weight is 269 g/mol. The molecule has 1 aliphatic carbocycles. The molecular formula is C12H19N3O2S. The fourth-order valence-corrected chi connectivity index (χ4v) is 3.44. The van der Waals surface area contributed by atoms with E-state index < -0.39 is 0 Å². The Kier molecular flexibility index (Phi) is 3.48. The number of nitrogens with zero attached hydrogens (tertiary/aromatic N) is 2. The number of nitrogens with one attached hydrogen (secondary N) is 1. The highest BCUT2D eigenvalue weighted by Crippen LogP contribution is 2.31. The molecule has 2 amide bonds. The predicted octanol–water partition coefficient (Wildman–Crippen LogP) is -0.270. The lowest BCUT2D eigenvalue weighted by Crippen LogP contribution is -2.54. The number of amides is 2. The molecule has 0 spiro atoms. The molecule has 2 heterocycles. The zero-order chi connectivity index (χ0) is 12.5. The summed E-state index contributed by atoms with van der Waals surface area (Å²) >= 11 is 1.77. The van der Waals surface area contributed by atoms with Gasteiger partial charge in [0.15, 0.2) is 0 Å². The molecule has 18 heavy (non-hydrogen) atoms. The number of hydrogen-bond acceptors (Lipinski definition) is 4. The maximum atomic E-state index is 12.2. The Morgan fingerprint density at radius 3 is 2.11 bits per heavy atom. The van der Waals surface area contributed by atoms with Gasteiger partial charge in [-0.2, -0.15) is 0 Å². The zero-order valence-corrected chi connectivity index (χ0v) is 11.2. The average Bonchev–Trinajstić information content (AvgIpc) is 3.12. The summed E-state index contributed by atoms with van der Waals surface area (Å²) in [5, 5.41) is 3.21. The molecule has 0 bridgehead atoms. The SMILES string of the molecule is O=C(C1CC1)N1CCN(C(=O)C2CSCN2)CC1. The number of hydrogen-bond donors (Lipinski definition) is 1. The first-order valence-electron chi connectivity index (χ1n) is 6.64. The molecule has 3 aliphatic rings. The Labute approximate surface area is 111 Å². The first kappa shape index (κ1) is 12.3. The minimum atomic E-state index is -0.0133. The maximum Gasteiger partial charge on any atom is 0.240 e. The maximum absolute atomic E-state index is 12.2. The van der Waals surface area contributed by atoms with Crippen molar-refractivity contribution < 1.29 is 9.59 Å². The van der Waals surface area contributed by atoms with Crippen LogP contribution in [-0.2, 0) is 9.59 Å². The van der Waals surface area contributed by atoms with Crippen molar-refractivity contribution in [1.29, 1.82) is 0 Å². The highest BCUT2D eigenvalue weighted by atomic mass is 32.2. The molecular weight excluding hydrogens is 250 g/mol. The summed E-state index contributed by atoms with van der Waals surface area (Å²) in [5.41, 5.74) is 0. The van der Waals surface area contributed by atoms with Crippen molar-refractivity contribution in [3.8, 4) is 0 Å². The molecule has 1 atom stereocenters. The van der Waals surface area contributed by atoms with Crippen molar-refractivity contribution in [3.05, 3.63) is 0 Å². The van der Waals surface area contributed by atoms with Gasteiger partial charge in [0.05, 0.1) is 6.04 Å². The highest BCUT2D eigenvalue weighted by Gasteiger charge is 2.36. The zero-order valence-electron chi connectivity index (χ0n) is 10.4. The van der Waals surface area contributed by atoms with Crippen LogP contribution >= 0.6 is 11.8 Å². The van der Waals surface area contributed by atoms with Crippen LogP contribution in [-0.4, -0.2) is 65.5 Å². The Morgan fingerprint density at radius 2 is 1.61 bits per heavy atom. The van der Waals surface area contributed by atoms with E-state index in [0.717, 1.165) is 24.5 Å². The molecule has 2 saturated heterocycles. The van der Waals surface area contributed by atoms with Crippen LogP contribution in [0.4, 0.5) is 0 Å². The van der Waals surface area contributed by atoms with E-state index in [4.69, 9.17) is 0 Å². The molecule has 2 aliphatic heterocycles. The molecule has 1 saturated carbocycles. The van der Waals surface area contributed by atoms with Crippen molar-refractivity contribution in [2.45, 2.75) is 18.9 Å². The van der Waals surface area contributed by atoms with Gasteiger partial charge in [0.1, 0.15) is 0 Å². The van der Waals surface area contributed by atoms with Crippen LogP contribution in [0.2, 0.25) is 0 Å². The van der Waals surface area contributed by atoms with Gasteiger partial charge in [0, 0.05) is 43.7 Å². The number of carbonyl (C=O) groups excluding carboxylic acids is 2.